The smallest absolute Gasteiger partial charge is 0.408 e. The molecule has 1 fully saturated rings. The zero-order valence-electron chi connectivity index (χ0n) is 20.5. The van der Waals surface area contributed by atoms with Gasteiger partial charge in [-0.05, 0) is 45.2 Å². The predicted octanol–water partition coefficient (Wildman–Crippen LogP) is 3.24. The zero-order valence-corrected chi connectivity index (χ0v) is 20.5. The standard InChI is InChI=1S/C24H36N4O5/c1-17(2)20(25-22(31)33-24(3,4)5)21(30)27-14-10-15-28(18-11-8-7-9-12-18)23(32)26(6)19(29)13-16-27/h7-9,11-12,17,20H,10,13-16H2,1-6H3,(H,25,31)/t20-/m1/s1. The van der Waals surface area contributed by atoms with E-state index in [2.05, 4.69) is 5.32 Å². The van der Waals surface area contributed by atoms with Crippen LogP contribution in [0, 0.1) is 5.92 Å². The molecule has 1 aromatic carbocycles. The van der Waals surface area contributed by atoms with Gasteiger partial charge < -0.3 is 15.0 Å². The lowest BCUT2D eigenvalue weighted by molar-refractivity contribution is -0.135. The number of hydrogen-bond donors (Lipinski definition) is 1. The molecule has 0 unspecified atom stereocenters. The minimum absolute atomic E-state index is 0.00780. The summed E-state index contributed by atoms with van der Waals surface area (Å²) in [6.45, 7) is 9.82. The number of ether oxygens (including phenoxy) is 1. The van der Waals surface area contributed by atoms with Gasteiger partial charge in [-0.2, -0.15) is 0 Å². The molecule has 0 bridgehead atoms. The Balaban J connectivity index is 2.19. The lowest BCUT2D eigenvalue weighted by Gasteiger charge is -2.33. The summed E-state index contributed by atoms with van der Waals surface area (Å²) >= 11 is 0. The van der Waals surface area contributed by atoms with Crippen molar-refractivity contribution >= 4 is 29.6 Å². The van der Waals surface area contributed by atoms with Crippen LogP contribution in [0.4, 0.5) is 15.3 Å². The molecular formula is C24H36N4O5. The summed E-state index contributed by atoms with van der Waals surface area (Å²) in [5.41, 5.74) is 0.00253. The number of urea groups is 1. The van der Waals surface area contributed by atoms with Crippen molar-refractivity contribution in [1.82, 2.24) is 15.1 Å². The summed E-state index contributed by atoms with van der Waals surface area (Å²) in [4.78, 5) is 55.5. The minimum atomic E-state index is -0.789. The number of rotatable bonds is 4. The average Bonchev–Trinajstić information content (AvgIpc) is 2.74. The summed E-state index contributed by atoms with van der Waals surface area (Å²) in [5, 5.41) is 2.68. The van der Waals surface area contributed by atoms with Crippen molar-refractivity contribution in [2.75, 3.05) is 31.6 Å². The van der Waals surface area contributed by atoms with E-state index in [4.69, 9.17) is 4.74 Å². The molecule has 9 heteroatoms. The van der Waals surface area contributed by atoms with E-state index in [0.717, 1.165) is 4.90 Å². The summed E-state index contributed by atoms with van der Waals surface area (Å²) in [7, 11) is 1.45. The first-order chi connectivity index (χ1) is 15.4. The fourth-order valence-electron chi connectivity index (χ4n) is 3.53. The van der Waals surface area contributed by atoms with E-state index in [1.807, 2.05) is 44.2 Å². The van der Waals surface area contributed by atoms with Crippen LogP contribution in [0.3, 0.4) is 0 Å². The highest BCUT2D eigenvalue weighted by Crippen LogP contribution is 2.18. The largest absolute Gasteiger partial charge is 0.444 e. The Kier molecular flexibility index (Phi) is 8.84. The van der Waals surface area contributed by atoms with Crippen LogP contribution in [0.5, 0.6) is 0 Å². The highest BCUT2D eigenvalue weighted by atomic mass is 16.6. The Morgan fingerprint density at radius 2 is 1.67 bits per heavy atom. The summed E-state index contributed by atoms with van der Waals surface area (Å²) in [6, 6.07) is 7.95. The van der Waals surface area contributed by atoms with Crippen LogP contribution in [-0.4, -0.2) is 72.1 Å². The van der Waals surface area contributed by atoms with Gasteiger partial charge in [-0.15, -0.1) is 0 Å². The number of benzene rings is 1. The Hall–Kier alpha value is -3.10. The van der Waals surface area contributed by atoms with Gasteiger partial charge in [0.15, 0.2) is 0 Å². The molecule has 1 aliphatic heterocycles. The topological polar surface area (TPSA) is 99.3 Å². The first-order valence-electron chi connectivity index (χ1n) is 11.3. The molecule has 0 saturated carbocycles. The normalized spacial score (nSPS) is 17.1. The molecule has 1 saturated heterocycles. The highest BCUT2D eigenvalue weighted by molar-refractivity contribution is 6.02. The second-order valence-electron chi connectivity index (χ2n) is 9.52. The van der Waals surface area contributed by atoms with Crippen LogP contribution in [0.15, 0.2) is 30.3 Å². The monoisotopic (exact) mass is 460 g/mol. The van der Waals surface area contributed by atoms with Crippen LogP contribution in [-0.2, 0) is 14.3 Å². The fraction of sp³-hybridized carbons (Fsp3) is 0.583. The lowest BCUT2D eigenvalue weighted by Crippen LogP contribution is -2.54. The maximum atomic E-state index is 13.4. The van der Waals surface area contributed by atoms with E-state index < -0.39 is 23.8 Å². The number of nitrogens with one attached hydrogen (secondary N) is 1. The first-order valence-corrected chi connectivity index (χ1v) is 11.3. The molecule has 0 radical (unpaired) electrons. The van der Waals surface area contributed by atoms with Crippen molar-refractivity contribution < 1.29 is 23.9 Å². The molecule has 1 heterocycles. The Morgan fingerprint density at radius 1 is 1.03 bits per heavy atom. The van der Waals surface area contributed by atoms with Crippen molar-refractivity contribution in [3.05, 3.63) is 30.3 Å². The first kappa shape index (κ1) is 26.2. The second-order valence-corrected chi connectivity index (χ2v) is 9.52. The molecule has 33 heavy (non-hydrogen) atoms. The van der Waals surface area contributed by atoms with Crippen LogP contribution in [0.25, 0.3) is 0 Å². The van der Waals surface area contributed by atoms with Gasteiger partial charge in [0.25, 0.3) is 0 Å². The minimum Gasteiger partial charge on any atom is -0.444 e. The summed E-state index contributed by atoms with van der Waals surface area (Å²) in [6.07, 6.45) is -0.133. The predicted molar refractivity (Wildman–Crippen MR) is 126 cm³/mol. The molecule has 9 nitrogen and oxygen atoms in total. The maximum absolute atomic E-state index is 13.4. The van der Waals surface area contributed by atoms with Gasteiger partial charge >= 0.3 is 12.1 Å². The third-order valence-electron chi connectivity index (χ3n) is 5.28. The van der Waals surface area contributed by atoms with E-state index in [1.54, 1.807) is 30.6 Å². The molecule has 5 amide bonds. The number of hydrogen-bond acceptors (Lipinski definition) is 5. The van der Waals surface area contributed by atoms with Crippen molar-refractivity contribution in [1.29, 1.82) is 0 Å². The fourth-order valence-corrected chi connectivity index (χ4v) is 3.53. The lowest BCUT2D eigenvalue weighted by atomic mass is 10.0. The second kappa shape index (κ2) is 11.2. The maximum Gasteiger partial charge on any atom is 0.408 e. The Labute approximate surface area is 196 Å². The molecule has 1 aliphatic rings. The number of amides is 5. The van der Waals surface area contributed by atoms with Crippen LogP contribution in [0.2, 0.25) is 0 Å². The van der Waals surface area contributed by atoms with E-state index in [1.165, 1.54) is 7.05 Å². The van der Waals surface area contributed by atoms with Gasteiger partial charge in [-0.3, -0.25) is 19.4 Å². The van der Waals surface area contributed by atoms with Crippen molar-refractivity contribution in [3.63, 3.8) is 0 Å². The number of para-hydroxylation sites is 1. The van der Waals surface area contributed by atoms with Gasteiger partial charge in [-0.25, -0.2) is 9.59 Å². The number of anilines is 1. The Morgan fingerprint density at radius 3 is 2.24 bits per heavy atom. The average molecular weight is 461 g/mol. The molecule has 182 valence electrons. The molecule has 1 aromatic rings. The van der Waals surface area contributed by atoms with E-state index >= 15 is 0 Å². The van der Waals surface area contributed by atoms with Crippen LogP contribution < -0.4 is 10.2 Å². The van der Waals surface area contributed by atoms with E-state index in [-0.39, 0.29) is 30.7 Å². The van der Waals surface area contributed by atoms with Crippen molar-refractivity contribution in [3.8, 4) is 0 Å². The van der Waals surface area contributed by atoms with E-state index in [0.29, 0.717) is 25.2 Å². The highest BCUT2D eigenvalue weighted by Gasteiger charge is 2.32. The molecular weight excluding hydrogens is 424 g/mol. The summed E-state index contributed by atoms with van der Waals surface area (Å²) < 4.78 is 5.32. The number of alkyl carbamates (subject to hydrolysis) is 1. The Bertz CT molecular complexity index is 850. The third kappa shape index (κ3) is 7.47. The van der Waals surface area contributed by atoms with Crippen LogP contribution >= 0.6 is 0 Å². The number of nitrogens with zero attached hydrogens (tertiary/aromatic N) is 3. The molecule has 0 aromatic heterocycles. The van der Waals surface area contributed by atoms with Gasteiger partial charge in [0.1, 0.15) is 11.6 Å². The van der Waals surface area contributed by atoms with Crippen LogP contribution in [0.1, 0.15) is 47.5 Å². The SMILES string of the molecule is CC(C)[C@@H](NC(=O)OC(C)(C)C)C(=O)N1CCCN(c2ccccc2)C(=O)N(C)C(=O)CC1. The van der Waals surface area contributed by atoms with Crippen molar-refractivity contribution in [2.24, 2.45) is 5.92 Å². The molecule has 1 atom stereocenters. The quantitative estimate of drug-likeness (QED) is 0.744. The molecule has 0 aliphatic carbocycles. The van der Waals surface area contributed by atoms with Crippen molar-refractivity contribution in [2.45, 2.75) is 59.1 Å². The van der Waals surface area contributed by atoms with E-state index in [9.17, 15) is 19.2 Å². The number of carbonyl (C=O) groups is 4. The number of carbonyl (C=O) groups excluding carboxylic acids is 4. The van der Waals surface area contributed by atoms with Gasteiger partial charge in [0.2, 0.25) is 11.8 Å². The van der Waals surface area contributed by atoms with Gasteiger partial charge in [0, 0.05) is 38.8 Å². The third-order valence-corrected chi connectivity index (χ3v) is 5.28. The number of imide groups is 1. The molecule has 2 rings (SSSR count). The zero-order chi connectivity index (χ0) is 24.8. The molecule has 1 N–H and O–H groups in total. The van der Waals surface area contributed by atoms with Gasteiger partial charge in [-0.1, -0.05) is 32.0 Å². The van der Waals surface area contributed by atoms with Gasteiger partial charge in [0.05, 0.1) is 0 Å². The summed E-state index contributed by atoms with van der Waals surface area (Å²) in [5.74, 6) is -0.826. The molecule has 0 spiro atoms.